The van der Waals surface area contributed by atoms with Crippen LogP contribution in [0.1, 0.15) is 24.2 Å². The summed E-state index contributed by atoms with van der Waals surface area (Å²) in [6, 6.07) is 2.89. The van der Waals surface area contributed by atoms with Crippen LogP contribution in [0.5, 0.6) is 5.75 Å². The molecule has 0 bridgehead atoms. The van der Waals surface area contributed by atoms with Gasteiger partial charge >= 0.3 is 0 Å². The number of rotatable bonds is 6. The second-order valence-corrected chi connectivity index (χ2v) is 5.25. The van der Waals surface area contributed by atoms with E-state index in [0.29, 0.717) is 23.8 Å². The van der Waals surface area contributed by atoms with E-state index in [1.807, 2.05) is 13.8 Å². The maximum Gasteiger partial charge on any atom is 0.257 e. The minimum absolute atomic E-state index is 0.167. The van der Waals surface area contributed by atoms with E-state index in [-0.39, 0.29) is 28.8 Å². The first-order chi connectivity index (χ1) is 8.93. The van der Waals surface area contributed by atoms with Crippen LogP contribution in [0.25, 0.3) is 0 Å². The molecule has 6 heteroatoms. The molecule has 0 aliphatic rings. The lowest BCUT2D eigenvalue weighted by molar-refractivity contribution is -0.123. The molecule has 0 spiro atoms. The van der Waals surface area contributed by atoms with Gasteiger partial charge in [-0.2, -0.15) is 0 Å². The van der Waals surface area contributed by atoms with Gasteiger partial charge in [0.2, 0.25) is 0 Å². The topological polar surface area (TPSA) is 55.4 Å². The van der Waals surface area contributed by atoms with Crippen molar-refractivity contribution < 1.29 is 14.3 Å². The zero-order valence-electron chi connectivity index (χ0n) is 10.7. The Morgan fingerprint density at radius 2 is 2.11 bits per heavy atom. The third-order valence-electron chi connectivity index (χ3n) is 2.22. The summed E-state index contributed by atoms with van der Waals surface area (Å²) in [5.74, 6) is 0.255. The van der Waals surface area contributed by atoms with Gasteiger partial charge in [-0.3, -0.25) is 9.59 Å². The minimum atomic E-state index is -0.267. The van der Waals surface area contributed by atoms with Crippen LogP contribution in [0.15, 0.2) is 12.1 Å². The highest BCUT2D eigenvalue weighted by molar-refractivity contribution is 6.36. The van der Waals surface area contributed by atoms with Gasteiger partial charge in [0.05, 0.1) is 10.6 Å². The standard InChI is InChI=1S/C13H15Cl2NO3/c1-8(2)5-16-12(18)7-19-13-9(6-17)3-10(14)4-11(13)15/h3-4,6,8H,5,7H2,1-2H3,(H,16,18). The number of carbonyl (C=O) groups is 2. The van der Waals surface area contributed by atoms with Crippen molar-refractivity contribution in [2.75, 3.05) is 13.2 Å². The smallest absolute Gasteiger partial charge is 0.257 e. The lowest BCUT2D eigenvalue weighted by Gasteiger charge is -2.11. The molecule has 0 heterocycles. The molecule has 1 rings (SSSR count). The van der Waals surface area contributed by atoms with Gasteiger partial charge in [0.25, 0.3) is 5.91 Å². The van der Waals surface area contributed by atoms with Crippen LogP contribution in [-0.4, -0.2) is 25.3 Å². The number of aldehydes is 1. The Kier molecular flexibility index (Phi) is 6.12. The molecule has 19 heavy (non-hydrogen) atoms. The summed E-state index contributed by atoms with van der Waals surface area (Å²) < 4.78 is 5.27. The van der Waals surface area contributed by atoms with E-state index in [1.165, 1.54) is 12.1 Å². The van der Waals surface area contributed by atoms with E-state index in [2.05, 4.69) is 5.32 Å². The van der Waals surface area contributed by atoms with Crippen molar-refractivity contribution in [1.82, 2.24) is 5.32 Å². The van der Waals surface area contributed by atoms with Gasteiger partial charge in [0.1, 0.15) is 5.75 Å². The van der Waals surface area contributed by atoms with Crippen LogP contribution in [-0.2, 0) is 4.79 Å². The quantitative estimate of drug-likeness (QED) is 0.822. The van der Waals surface area contributed by atoms with Crippen molar-refractivity contribution in [2.24, 2.45) is 5.92 Å². The molecule has 0 saturated carbocycles. The summed E-state index contributed by atoms with van der Waals surface area (Å²) in [7, 11) is 0. The summed E-state index contributed by atoms with van der Waals surface area (Å²) in [5.41, 5.74) is 0.217. The molecule has 0 aromatic heterocycles. The van der Waals surface area contributed by atoms with E-state index < -0.39 is 0 Å². The number of ether oxygens (including phenoxy) is 1. The fourth-order valence-electron chi connectivity index (χ4n) is 1.33. The number of carbonyl (C=O) groups excluding carboxylic acids is 2. The summed E-state index contributed by atoms with van der Waals surface area (Å²) in [6.45, 7) is 4.34. The first-order valence-corrected chi connectivity index (χ1v) is 6.53. The number of nitrogens with one attached hydrogen (secondary N) is 1. The molecule has 0 aliphatic heterocycles. The van der Waals surface area contributed by atoms with E-state index in [9.17, 15) is 9.59 Å². The average molecular weight is 304 g/mol. The first kappa shape index (κ1) is 15.8. The summed E-state index contributed by atoms with van der Waals surface area (Å²) in [4.78, 5) is 22.4. The number of hydrogen-bond donors (Lipinski definition) is 1. The highest BCUT2D eigenvalue weighted by atomic mass is 35.5. The number of benzene rings is 1. The molecule has 1 aromatic rings. The summed E-state index contributed by atoms with van der Waals surface area (Å²) in [5, 5.41) is 3.24. The molecule has 0 saturated heterocycles. The molecule has 0 aliphatic carbocycles. The Morgan fingerprint density at radius 1 is 1.42 bits per heavy atom. The normalized spacial score (nSPS) is 10.4. The van der Waals surface area contributed by atoms with Crippen LogP contribution in [0.2, 0.25) is 10.0 Å². The predicted molar refractivity (Wildman–Crippen MR) is 75.2 cm³/mol. The SMILES string of the molecule is CC(C)CNC(=O)COc1c(Cl)cc(Cl)cc1C=O. The second kappa shape index (κ2) is 7.36. The molecule has 104 valence electrons. The highest BCUT2D eigenvalue weighted by Crippen LogP contribution is 2.31. The van der Waals surface area contributed by atoms with E-state index >= 15 is 0 Å². The highest BCUT2D eigenvalue weighted by Gasteiger charge is 2.12. The van der Waals surface area contributed by atoms with Crippen molar-refractivity contribution in [2.45, 2.75) is 13.8 Å². The Hall–Kier alpha value is -1.26. The Morgan fingerprint density at radius 3 is 2.68 bits per heavy atom. The predicted octanol–water partition coefficient (Wildman–Crippen LogP) is 2.96. The van der Waals surface area contributed by atoms with Crippen molar-refractivity contribution in [3.63, 3.8) is 0 Å². The van der Waals surface area contributed by atoms with Gasteiger partial charge in [0, 0.05) is 11.6 Å². The number of amides is 1. The van der Waals surface area contributed by atoms with Crippen molar-refractivity contribution in [3.05, 3.63) is 27.7 Å². The summed E-state index contributed by atoms with van der Waals surface area (Å²) >= 11 is 11.7. The van der Waals surface area contributed by atoms with Crippen LogP contribution in [0.3, 0.4) is 0 Å². The maximum absolute atomic E-state index is 11.5. The zero-order valence-corrected chi connectivity index (χ0v) is 12.2. The Balaban J connectivity index is 2.67. The van der Waals surface area contributed by atoms with Crippen LogP contribution < -0.4 is 10.1 Å². The Labute approximate surface area is 122 Å². The largest absolute Gasteiger partial charge is 0.481 e. The van der Waals surface area contributed by atoms with Crippen molar-refractivity contribution in [3.8, 4) is 5.75 Å². The zero-order chi connectivity index (χ0) is 14.4. The summed E-state index contributed by atoms with van der Waals surface area (Å²) in [6.07, 6.45) is 0.582. The molecule has 0 unspecified atom stereocenters. The van der Waals surface area contributed by atoms with Gasteiger partial charge in [-0.05, 0) is 18.1 Å². The minimum Gasteiger partial charge on any atom is -0.481 e. The Bertz CT molecular complexity index is 475. The molecular weight excluding hydrogens is 289 g/mol. The molecule has 1 aromatic carbocycles. The van der Waals surface area contributed by atoms with Crippen molar-refractivity contribution in [1.29, 1.82) is 0 Å². The fraction of sp³-hybridized carbons (Fsp3) is 0.385. The molecule has 0 atom stereocenters. The molecule has 1 N–H and O–H groups in total. The second-order valence-electron chi connectivity index (χ2n) is 4.41. The van der Waals surface area contributed by atoms with Gasteiger partial charge in [-0.1, -0.05) is 37.0 Å². The lowest BCUT2D eigenvalue weighted by Crippen LogP contribution is -2.31. The third kappa shape index (κ3) is 5.09. The van der Waals surface area contributed by atoms with Gasteiger partial charge in [-0.15, -0.1) is 0 Å². The van der Waals surface area contributed by atoms with Gasteiger partial charge < -0.3 is 10.1 Å². The van der Waals surface area contributed by atoms with Crippen LogP contribution >= 0.6 is 23.2 Å². The number of halogens is 2. The average Bonchev–Trinajstić information content (AvgIpc) is 2.34. The third-order valence-corrected chi connectivity index (χ3v) is 2.72. The maximum atomic E-state index is 11.5. The van der Waals surface area contributed by atoms with Gasteiger partial charge in [0.15, 0.2) is 12.9 Å². The van der Waals surface area contributed by atoms with E-state index in [1.54, 1.807) is 0 Å². The van der Waals surface area contributed by atoms with Crippen LogP contribution in [0, 0.1) is 5.92 Å². The van der Waals surface area contributed by atoms with Crippen LogP contribution in [0.4, 0.5) is 0 Å². The van der Waals surface area contributed by atoms with Crippen molar-refractivity contribution >= 4 is 35.4 Å². The lowest BCUT2D eigenvalue weighted by atomic mass is 10.2. The molecule has 0 radical (unpaired) electrons. The molecule has 1 amide bonds. The fourth-order valence-corrected chi connectivity index (χ4v) is 1.89. The molecule has 4 nitrogen and oxygen atoms in total. The molecular formula is C13H15Cl2NO3. The molecule has 0 fully saturated rings. The number of hydrogen-bond acceptors (Lipinski definition) is 3. The monoisotopic (exact) mass is 303 g/mol. The van der Waals surface area contributed by atoms with E-state index in [0.717, 1.165) is 0 Å². The van der Waals surface area contributed by atoms with E-state index in [4.69, 9.17) is 27.9 Å². The van der Waals surface area contributed by atoms with Gasteiger partial charge in [-0.25, -0.2) is 0 Å². The first-order valence-electron chi connectivity index (χ1n) is 5.77.